The Morgan fingerprint density at radius 2 is 0.595 bits per heavy atom. The first-order valence-corrected chi connectivity index (χ1v) is 31.0. The van der Waals surface area contributed by atoms with Gasteiger partial charge < -0.3 is 9.80 Å². The topological polar surface area (TPSA) is 6.48 Å². The maximum absolute atomic E-state index is 2.75. The Bertz CT molecular complexity index is 4580. The van der Waals surface area contributed by atoms with Gasteiger partial charge in [0.25, 0.3) is 0 Å². The van der Waals surface area contributed by atoms with E-state index in [1.54, 1.807) is 0 Å². The summed E-state index contributed by atoms with van der Waals surface area (Å²) in [5.41, 5.74) is 18.2. The third-order valence-electron chi connectivity index (χ3n) is 22.1. The molecule has 406 valence electrons. The van der Waals surface area contributed by atoms with Crippen LogP contribution in [0.15, 0.2) is 243 Å². The first-order valence-electron chi connectivity index (χ1n) is 31.0. The molecule has 4 unspecified atom stereocenters. The highest BCUT2D eigenvalue weighted by molar-refractivity contribution is 6.26. The molecule has 2 aliphatic carbocycles. The molecule has 2 aliphatic heterocycles. The van der Waals surface area contributed by atoms with Crippen LogP contribution in [0, 0.1) is 0 Å². The van der Waals surface area contributed by atoms with Gasteiger partial charge in [0.05, 0.1) is 11.1 Å². The zero-order chi connectivity index (χ0) is 56.1. The number of rotatable bonds is 6. The van der Waals surface area contributed by atoms with Crippen molar-refractivity contribution in [1.29, 1.82) is 0 Å². The number of fused-ring (bicyclic) bond motifs is 12. The number of hydrogen-bond donors (Lipinski definition) is 0. The fourth-order valence-corrected chi connectivity index (χ4v) is 17.4. The fourth-order valence-electron chi connectivity index (χ4n) is 17.4. The van der Waals surface area contributed by atoms with Crippen molar-refractivity contribution in [2.75, 3.05) is 9.80 Å². The lowest BCUT2D eigenvalue weighted by atomic mass is 9.61. The summed E-state index contributed by atoms with van der Waals surface area (Å²) in [4.78, 5) is 5.50. The number of benzene rings is 13. The van der Waals surface area contributed by atoms with Gasteiger partial charge in [-0.05, 0) is 198 Å². The van der Waals surface area contributed by atoms with Crippen LogP contribution in [0.5, 0.6) is 0 Å². The van der Waals surface area contributed by atoms with Crippen molar-refractivity contribution in [1.82, 2.24) is 0 Å². The van der Waals surface area contributed by atoms with Crippen LogP contribution in [0.25, 0.3) is 109 Å². The van der Waals surface area contributed by atoms with Gasteiger partial charge in [-0.1, -0.05) is 234 Å². The first kappa shape index (κ1) is 49.6. The summed E-state index contributed by atoms with van der Waals surface area (Å²) >= 11 is 0. The summed E-state index contributed by atoms with van der Waals surface area (Å²) < 4.78 is 0. The van der Waals surface area contributed by atoms with Crippen LogP contribution >= 0.6 is 0 Å². The Kier molecular flexibility index (Phi) is 10.8. The number of anilines is 4. The molecule has 84 heavy (non-hydrogen) atoms. The smallest absolute Gasteiger partial charge is 0.0518 e. The summed E-state index contributed by atoms with van der Waals surface area (Å²) in [7, 11) is 0. The van der Waals surface area contributed by atoms with E-state index in [9.17, 15) is 0 Å². The van der Waals surface area contributed by atoms with Crippen LogP contribution < -0.4 is 9.80 Å². The second kappa shape index (κ2) is 18.3. The van der Waals surface area contributed by atoms with Gasteiger partial charge in [0.1, 0.15) is 0 Å². The van der Waals surface area contributed by atoms with E-state index >= 15 is 0 Å². The third kappa shape index (κ3) is 6.86. The fraction of sp³-hybridized carbons (Fsp3) is 0.195. The van der Waals surface area contributed by atoms with Crippen LogP contribution in [-0.4, -0.2) is 11.1 Å². The van der Waals surface area contributed by atoms with Crippen molar-refractivity contribution in [3.63, 3.8) is 0 Å². The molecule has 2 heteroatoms. The summed E-state index contributed by atoms with van der Waals surface area (Å²) in [6.45, 7) is 10.3. The molecule has 2 nitrogen and oxygen atoms in total. The van der Waals surface area contributed by atoms with Crippen molar-refractivity contribution in [3.8, 4) is 44.5 Å². The zero-order valence-corrected chi connectivity index (χ0v) is 48.6. The lowest BCUT2D eigenvalue weighted by molar-refractivity contribution is 0.195. The predicted octanol–water partition coefficient (Wildman–Crippen LogP) is 22.8. The van der Waals surface area contributed by atoms with E-state index in [1.807, 2.05) is 0 Å². The molecule has 0 saturated heterocycles. The van der Waals surface area contributed by atoms with Crippen molar-refractivity contribution in [3.05, 3.63) is 254 Å². The molecule has 0 bridgehead atoms. The molecule has 0 N–H and O–H groups in total. The highest BCUT2D eigenvalue weighted by atomic mass is 15.3. The summed E-state index contributed by atoms with van der Waals surface area (Å²) in [5.74, 6) is 0. The van der Waals surface area contributed by atoms with Crippen LogP contribution in [0.3, 0.4) is 0 Å². The highest BCUT2D eigenvalue weighted by Gasteiger charge is 2.59. The minimum absolute atomic E-state index is 0.0310. The molecule has 0 spiro atoms. The minimum Gasteiger partial charge on any atom is -0.334 e. The second-order valence-corrected chi connectivity index (χ2v) is 26.1. The van der Waals surface area contributed by atoms with Gasteiger partial charge in [-0.25, -0.2) is 0 Å². The molecule has 0 radical (unpaired) electrons. The molecule has 0 aromatic heterocycles. The first-order chi connectivity index (χ1) is 41.1. The van der Waals surface area contributed by atoms with E-state index in [4.69, 9.17) is 0 Å². The summed E-state index contributed by atoms with van der Waals surface area (Å²) in [6.07, 6.45) is 9.60. The lowest BCUT2D eigenvalue weighted by Crippen LogP contribution is -2.54. The number of nitrogens with zero attached hydrogens (tertiary/aromatic N) is 2. The van der Waals surface area contributed by atoms with Gasteiger partial charge in [-0.15, -0.1) is 0 Å². The van der Waals surface area contributed by atoms with Crippen LogP contribution in [0.4, 0.5) is 22.7 Å². The molecule has 13 aromatic carbocycles. The summed E-state index contributed by atoms with van der Waals surface area (Å²) in [6, 6.07) is 93.4. The normalized spacial score (nSPS) is 21.8. The molecule has 0 amide bonds. The van der Waals surface area contributed by atoms with Crippen molar-refractivity contribution < 1.29 is 0 Å². The molecule has 4 aliphatic rings. The van der Waals surface area contributed by atoms with Crippen LogP contribution in [0.2, 0.25) is 0 Å². The van der Waals surface area contributed by atoms with E-state index in [2.05, 4.69) is 280 Å². The van der Waals surface area contributed by atoms with Gasteiger partial charge in [-0.3, -0.25) is 0 Å². The molecule has 2 heterocycles. The van der Waals surface area contributed by atoms with Gasteiger partial charge >= 0.3 is 0 Å². The van der Waals surface area contributed by atoms with E-state index < -0.39 is 0 Å². The average Bonchev–Trinajstić information content (AvgIpc) is 1.57. The monoisotopic (exact) mass is 1080 g/mol. The van der Waals surface area contributed by atoms with Crippen molar-refractivity contribution in [2.24, 2.45) is 0 Å². The molecule has 2 fully saturated rings. The van der Waals surface area contributed by atoms with Crippen LogP contribution in [-0.2, 0) is 10.8 Å². The van der Waals surface area contributed by atoms with E-state index in [0.29, 0.717) is 0 Å². The van der Waals surface area contributed by atoms with E-state index in [1.165, 1.54) is 182 Å². The van der Waals surface area contributed by atoms with Crippen molar-refractivity contribution in [2.45, 2.75) is 101 Å². The predicted molar refractivity (Wildman–Crippen MR) is 359 cm³/mol. The average molecular weight is 1080 g/mol. The molecule has 2 saturated carbocycles. The minimum atomic E-state index is -0.0710. The quantitative estimate of drug-likeness (QED) is 0.153. The van der Waals surface area contributed by atoms with E-state index in [-0.39, 0.29) is 21.9 Å². The maximum atomic E-state index is 2.75. The van der Waals surface area contributed by atoms with Crippen LogP contribution in [0.1, 0.15) is 90.2 Å². The molecule has 17 rings (SSSR count). The van der Waals surface area contributed by atoms with Gasteiger partial charge in [0, 0.05) is 44.4 Å². The van der Waals surface area contributed by atoms with Gasteiger partial charge in [0.15, 0.2) is 0 Å². The largest absolute Gasteiger partial charge is 0.334 e. The Morgan fingerprint density at radius 1 is 0.262 bits per heavy atom. The third-order valence-corrected chi connectivity index (χ3v) is 22.1. The zero-order valence-electron chi connectivity index (χ0n) is 48.6. The molecular weight excluding hydrogens is 1010 g/mol. The highest BCUT2D eigenvalue weighted by Crippen LogP contribution is 2.64. The maximum Gasteiger partial charge on any atom is 0.0518 e. The lowest BCUT2D eigenvalue weighted by Gasteiger charge is -2.50. The molecule has 13 aromatic rings. The molecular formula is C82H68N2. The SMILES string of the molecule is CC12CCCCC1(C)N(c1cccc3ccccc13)c1ccc(-c3ccc4c(-c5cccc6ccccc56)c5cc(-c6ccc7c(c6)C6(C)CCCCC6(C)N7c6cccc7ccccc67)ccc5c(-c5cccc6ccccc56)c4c3)cc12. The Labute approximate surface area is 493 Å². The Balaban J connectivity index is 0.904. The Morgan fingerprint density at radius 3 is 1.02 bits per heavy atom. The Hall–Kier alpha value is -8.98. The van der Waals surface area contributed by atoms with Gasteiger partial charge in [-0.2, -0.15) is 0 Å². The van der Waals surface area contributed by atoms with Gasteiger partial charge in [0.2, 0.25) is 0 Å². The number of hydrogen-bond acceptors (Lipinski definition) is 2. The summed E-state index contributed by atoms with van der Waals surface area (Å²) in [5, 5.41) is 15.3. The second-order valence-electron chi connectivity index (χ2n) is 26.1. The van der Waals surface area contributed by atoms with Crippen molar-refractivity contribution >= 4 is 87.4 Å². The standard InChI is InChI=1S/C82H68N2/c1-79-45-13-15-47-81(79,3)83(73-35-19-27-55-23-7-11-31-63(55)73)75-43-39-59(51-71(75)79)57-37-41-67-69(49-57)77(65-33-17-25-53-21-5-9-29-61(53)65)68-42-38-58(50-70(68)78(67)66-34-18-26-54-22-6-10-30-62(54)66)60-40-44-76-72(52-60)80(2)46-14-16-48-82(80,4)84(76)74-36-20-28-56-24-8-12-32-64(56)74/h5-12,17-44,49-52H,13-16,45-48H2,1-4H3. The van der Waals surface area contributed by atoms with E-state index in [0.717, 1.165) is 12.8 Å². The molecule has 4 atom stereocenters.